The van der Waals surface area contributed by atoms with Gasteiger partial charge in [0.15, 0.2) is 0 Å². The van der Waals surface area contributed by atoms with E-state index in [9.17, 15) is 19.8 Å². The van der Waals surface area contributed by atoms with Crippen molar-refractivity contribution in [2.75, 3.05) is 53.7 Å². The molecule has 0 bridgehead atoms. The first-order chi connectivity index (χ1) is 16.2. The van der Waals surface area contributed by atoms with Crippen molar-refractivity contribution in [2.45, 2.75) is 90.1 Å². The Kier molecular flexibility index (Phi) is 15.6. The lowest BCUT2D eigenvalue weighted by molar-refractivity contribution is -0.146. The number of nitrogens with zero attached hydrogens (tertiary/aromatic N) is 2. The van der Waals surface area contributed by atoms with Gasteiger partial charge in [-0.3, -0.25) is 9.59 Å². The van der Waals surface area contributed by atoms with E-state index in [2.05, 4.69) is 20.8 Å². The average Bonchev–Trinajstić information content (AvgIpc) is 2.79. The van der Waals surface area contributed by atoms with E-state index < -0.39 is 18.3 Å². The Morgan fingerprint density at radius 3 is 2.44 bits per heavy atom. The number of carbonyl (C=O) groups is 2. The number of methoxy groups -OCH3 is 2. The molecule has 1 heterocycles. The number of rotatable bonds is 9. The summed E-state index contributed by atoms with van der Waals surface area (Å²) in [6.45, 7) is 7.62. The van der Waals surface area contributed by atoms with Gasteiger partial charge in [0, 0.05) is 52.9 Å². The topological polar surface area (TPSA) is 109 Å². The molecule has 0 aromatic carbocycles. The van der Waals surface area contributed by atoms with Gasteiger partial charge in [-0.05, 0) is 31.6 Å². The first-order valence-electron chi connectivity index (χ1n) is 12.8. The van der Waals surface area contributed by atoms with Gasteiger partial charge in [-0.25, -0.2) is 0 Å². The fourth-order valence-corrected chi connectivity index (χ4v) is 4.35. The molecule has 0 aromatic rings. The molecule has 9 heteroatoms. The van der Waals surface area contributed by atoms with Crippen molar-refractivity contribution < 1.29 is 34.0 Å². The van der Waals surface area contributed by atoms with Gasteiger partial charge in [-0.1, -0.05) is 33.6 Å². The highest BCUT2D eigenvalue weighted by Crippen LogP contribution is 2.19. The van der Waals surface area contributed by atoms with Crippen LogP contribution < -0.4 is 0 Å². The quantitative estimate of drug-likeness (QED) is 0.477. The maximum Gasteiger partial charge on any atom is 0.248 e. The SMILES string of the molecule is CCCCCC(=O)N1CCCCOC[C@@H](O)[C@@H](O)[C@H](OC)CN(C(=O)COC)C[C@@H]1CC(C)C. The minimum absolute atomic E-state index is 0.0251. The number of hydrogen-bond acceptors (Lipinski definition) is 7. The molecule has 2 N–H and O–H groups in total. The summed E-state index contributed by atoms with van der Waals surface area (Å²) < 4.78 is 16.1. The van der Waals surface area contributed by atoms with E-state index >= 15 is 0 Å². The van der Waals surface area contributed by atoms with Gasteiger partial charge in [0.2, 0.25) is 11.8 Å². The van der Waals surface area contributed by atoms with Crippen molar-refractivity contribution in [3.63, 3.8) is 0 Å². The number of aliphatic hydroxyl groups is 2. The van der Waals surface area contributed by atoms with E-state index in [4.69, 9.17) is 14.2 Å². The van der Waals surface area contributed by atoms with E-state index in [0.29, 0.717) is 32.0 Å². The van der Waals surface area contributed by atoms with Crippen molar-refractivity contribution in [3.05, 3.63) is 0 Å². The van der Waals surface area contributed by atoms with E-state index in [1.54, 1.807) is 4.90 Å². The molecular weight excluding hydrogens is 440 g/mol. The molecule has 1 fully saturated rings. The summed E-state index contributed by atoms with van der Waals surface area (Å²) in [6, 6.07) is -0.168. The Morgan fingerprint density at radius 1 is 1.09 bits per heavy atom. The Morgan fingerprint density at radius 2 is 1.82 bits per heavy atom. The van der Waals surface area contributed by atoms with Crippen molar-refractivity contribution in [1.82, 2.24) is 9.80 Å². The third kappa shape index (κ3) is 11.0. The van der Waals surface area contributed by atoms with E-state index in [-0.39, 0.29) is 37.6 Å². The molecule has 34 heavy (non-hydrogen) atoms. The van der Waals surface area contributed by atoms with Crippen molar-refractivity contribution in [2.24, 2.45) is 5.92 Å². The van der Waals surface area contributed by atoms with Crippen molar-refractivity contribution >= 4 is 11.8 Å². The van der Waals surface area contributed by atoms with Crippen molar-refractivity contribution in [3.8, 4) is 0 Å². The molecule has 0 radical (unpaired) electrons. The minimum atomic E-state index is -1.22. The van der Waals surface area contributed by atoms with Gasteiger partial charge in [0.25, 0.3) is 0 Å². The summed E-state index contributed by atoms with van der Waals surface area (Å²) in [5, 5.41) is 21.0. The zero-order valence-corrected chi connectivity index (χ0v) is 21.9. The summed E-state index contributed by atoms with van der Waals surface area (Å²) in [5.41, 5.74) is 0. The molecule has 1 rings (SSSR count). The Labute approximate surface area is 205 Å². The van der Waals surface area contributed by atoms with E-state index in [1.165, 1.54) is 14.2 Å². The first-order valence-corrected chi connectivity index (χ1v) is 12.8. The smallest absolute Gasteiger partial charge is 0.248 e. The summed E-state index contributed by atoms with van der Waals surface area (Å²) in [7, 11) is 2.90. The highest BCUT2D eigenvalue weighted by atomic mass is 16.5. The molecule has 1 aliphatic rings. The van der Waals surface area contributed by atoms with Crippen LogP contribution in [0.4, 0.5) is 0 Å². The molecular formula is C25H48N2O7. The second-order valence-corrected chi connectivity index (χ2v) is 9.67. The van der Waals surface area contributed by atoms with Gasteiger partial charge >= 0.3 is 0 Å². The van der Waals surface area contributed by atoms with Crippen LogP contribution in [0.2, 0.25) is 0 Å². The predicted octanol–water partition coefficient (Wildman–Crippen LogP) is 1.83. The summed E-state index contributed by atoms with van der Waals surface area (Å²) >= 11 is 0. The number of hydrogen-bond donors (Lipinski definition) is 2. The third-order valence-electron chi connectivity index (χ3n) is 6.25. The Bertz CT molecular complexity index is 575. The molecule has 1 aliphatic heterocycles. The highest BCUT2D eigenvalue weighted by molar-refractivity contribution is 5.78. The van der Waals surface area contributed by atoms with Gasteiger partial charge < -0.3 is 34.2 Å². The zero-order valence-electron chi connectivity index (χ0n) is 21.9. The normalized spacial score (nSPS) is 25.9. The summed E-state index contributed by atoms with van der Waals surface area (Å²) in [5.74, 6) is 0.190. The molecule has 9 nitrogen and oxygen atoms in total. The molecule has 0 aliphatic carbocycles. The second kappa shape index (κ2) is 17.2. The standard InChI is InChI=1S/C25H48N2O7/c1-6-7-8-11-23(29)27-12-9-10-13-34-17-21(28)25(31)22(33-5)16-26(24(30)18-32-4)15-20(27)14-19(2)3/h19-22,25,28,31H,6-18H2,1-5H3/t20-,21+,22+,25+/m0/s1. The number of unbranched alkanes of at least 4 members (excludes halogenated alkanes) is 2. The van der Waals surface area contributed by atoms with Gasteiger partial charge in [0.1, 0.15) is 24.9 Å². The van der Waals surface area contributed by atoms with Crippen LogP contribution in [-0.2, 0) is 23.8 Å². The largest absolute Gasteiger partial charge is 0.388 e. The Hall–Kier alpha value is -1.26. The van der Waals surface area contributed by atoms with Crippen LogP contribution in [0, 0.1) is 5.92 Å². The molecule has 0 saturated carbocycles. The fourth-order valence-electron chi connectivity index (χ4n) is 4.35. The third-order valence-corrected chi connectivity index (χ3v) is 6.25. The predicted molar refractivity (Wildman–Crippen MR) is 130 cm³/mol. The first kappa shape index (κ1) is 30.8. The highest BCUT2D eigenvalue weighted by Gasteiger charge is 2.33. The lowest BCUT2D eigenvalue weighted by Crippen LogP contribution is -2.54. The molecule has 0 unspecified atom stereocenters. The van der Waals surface area contributed by atoms with Crippen LogP contribution in [0.1, 0.15) is 65.7 Å². The molecule has 0 aromatic heterocycles. The lowest BCUT2D eigenvalue weighted by atomic mass is 9.99. The number of amides is 2. The summed E-state index contributed by atoms with van der Waals surface area (Å²) in [6.07, 6.45) is 2.49. The minimum Gasteiger partial charge on any atom is -0.388 e. The summed E-state index contributed by atoms with van der Waals surface area (Å²) in [4.78, 5) is 29.8. The van der Waals surface area contributed by atoms with Crippen LogP contribution in [0.3, 0.4) is 0 Å². The fraction of sp³-hybridized carbons (Fsp3) is 0.920. The molecule has 1 saturated heterocycles. The maximum atomic E-state index is 13.3. The molecule has 4 atom stereocenters. The van der Waals surface area contributed by atoms with Gasteiger partial charge in [-0.2, -0.15) is 0 Å². The van der Waals surface area contributed by atoms with Crippen LogP contribution in [0.25, 0.3) is 0 Å². The van der Waals surface area contributed by atoms with Gasteiger partial charge in [-0.15, -0.1) is 0 Å². The zero-order chi connectivity index (χ0) is 25.5. The number of aliphatic hydroxyl groups excluding tert-OH is 2. The van der Waals surface area contributed by atoms with E-state index in [1.807, 2.05) is 4.90 Å². The van der Waals surface area contributed by atoms with Crippen LogP contribution in [0.15, 0.2) is 0 Å². The monoisotopic (exact) mass is 488 g/mol. The maximum absolute atomic E-state index is 13.3. The molecule has 0 spiro atoms. The number of ether oxygens (including phenoxy) is 3. The lowest BCUT2D eigenvalue weighted by Gasteiger charge is -2.39. The molecule has 200 valence electrons. The Balaban J connectivity index is 3.26. The van der Waals surface area contributed by atoms with Crippen LogP contribution in [-0.4, -0.2) is 110 Å². The molecule has 2 amide bonds. The van der Waals surface area contributed by atoms with Gasteiger partial charge in [0.05, 0.1) is 6.61 Å². The second-order valence-electron chi connectivity index (χ2n) is 9.67. The number of carbonyl (C=O) groups excluding carboxylic acids is 2. The van der Waals surface area contributed by atoms with Crippen LogP contribution in [0.5, 0.6) is 0 Å². The average molecular weight is 489 g/mol. The van der Waals surface area contributed by atoms with E-state index in [0.717, 1.165) is 38.5 Å². The van der Waals surface area contributed by atoms with Crippen molar-refractivity contribution in [1.29, 1.82) is 0 Å². The van der Waals surface area contributed by atoms with Crippen LogP contribution >= 0.6 is 0 Å².